The highest BCUT2D eigenvalue weighted by Gasteiger charge is 2.22. The van der Waals surface area contributed by atoms with E-state index in [1.54, 1.807) is 0 Å². The molecule has 0 spiro atoms. The van der Waals surface area contributed by atoms with E-state index in [0.29, 0.717) is 0 Å². The maximum absolute atomic E-state index is 5.08. The van der Waals surface area contributed by atoms with E-state index in [2.05, 4.69) is 81.4 Å². The standard InChI is InChI=1S/C26H31N5/c1-3-10-22(11-4-1)12-9-15-29-18-20-31(21-19-29)26-27-24-14-6-5-13-23(24)25(28-26)30-16-7-2-8-17-30/h1,3-6,9-14H,2,7-8,15-21H2/b12-9+. The van der Waals surface area contributed by atoms with Gasteiger partial charge >= 0.3 is 0 Å². The molecule has 2 aliphatic heterocycles. The molecule has 2 aliphatic rings. The van der Waals surface area contributed by atoms with Crippen LogP contribution in [-0.4, -0.2) is 60.7 Å². The Kier molecular flexibility index (Phi) is 6.12. The summed E-state index contributed by atoms with van der Waals surface area (Å²) < 4.78 is 0. The van der Waals surface area contributed by atoms with E-state index in [1.807, 2.05) is 0 Å². The number of aromatic nitrogens is 2. The predicted octanol–water partition coefficient (Wildman–Crippen LogP) is 4.46. The van der Waals surface area contributed by atoms with Gasteiger partial charge in [0, 0.05) is 51.2 Å². The summed E-state index contributed by atoms with van der Waals surface area (Å²) in [6.07, 6.45) is 8.31. The Morgan fingerprint density at radius 2 is 1.45 bits per heavy atom. The highest BCUT2D eigenvalue weighted by molar-refractivity contribution is 5.90. The van der Waals surface area contributed by atoms with Crippen LogP contribution in [0.3, 0.4) is 0 Å². The summed E-state index contributed by atoms with van der Waals surface area (Å²) in [5.41, 5.74) is 2.32. The molecule has 0 N–H and O–H groups in total. The average Bonchev–Trinajstić information content (AvgIpc) is 2.85. The lowest BCUT2D eigenvalue weighted by molar-refractivity contribution is 0.283. The Morgan fingerprint density at radius 1 is 0.710 bits per heavy atom. The molecular formula is C26H31N5. The Morgan fingerprint density at radius 3 is 2.26 bits per heavy atom. The number of nitrogens with zero attached hydrogens (tertiary/aromatic N) is 5. The zero-order valence-corrected chi connectivity index (χ0v) is 18.2. The monoisotopic (exact) mass is 413 g/mol. The molecule has 3 heterocycles. The first-order valence-electron chi connectivity index (χ1n) is 11.6. The van der Waals surface area contributed by atoms with Crippen LogP contribution in [-0.2, 0) is 0 Å². The SMILES string of the molecule is C(=C\c1ccccc1)/CN1CCN(c2nc(N3CCCCC3)c3ccccc3n2)CC1. The van der Waals surface area contributed by atoms with Gasteiger partial charge in [-0.25, -0.2) is 4.98 Å². The van der Waals surface area contributed by atoms with Crippen molar-refractivity contribution in [3.05, 3.63) is 66.2 Å². The van der Waals surface area contributed by atoms with Crippen molar-refractivity contribution in [1.29, 1.82) is 0 Å². The minimum absolute atomic E-state index is 0.888. The molecule has 0 amide bonds. The second kappa shape index (κ2) is 9.48. The van der Waals surface area contributed by atoms with Gasteiger partial charge in [-0.05, 0) is 37.0 Å². The van der Waals surface area contributed by atoms with Crippen LogP contribution >= 0.6 is 0 Å². The number of piperazine rings is 1. The van der Waals surface area contributed by atoms with E-state index >= 15 is 0 Å². The lowest BCUT2D eigenvalue weighted by Gasteiger charge is -2.35. The first-order valence-corrected chi connectivity index (χ1v) is 11.6. The molecule has 1 aromatic heterocycles. The zero-order chi connectivity index (χ0) is 20.9. The third-order valence-electron chi connectivity index (χ3n) is 6.36. The quantitative estimate of drug-likeness (QED) is 0.617. The fourth-order valence-electron chi connectivity index (χ4n) is 4.57. The van der Waals surface area contributed by atoms with Gasteiger partial charge in [0.05, 0.1) is 5.52 Å². The Labute approximate surface area is 185 Å². The molecule has 2 fully saturated rings. The van der Waals surface area contributed by atoms with Gasteiger partial charge in [-0.1, -0.05) is 54.6 Å². The summed E-state index contributed by atoms with van der Waals surface area (Å²) in [5, 5.41) is 1.18. The summed E-state index contributed by atoms with van der Waals surface area (Å²) in [6, 6.07) is 19.0. The summed E-state index contributed by atoms with van der Waals surface area (Å²) >= 11 is 0. The summed E-state index contributed by atoms with van der Waals surface area (Å²) in [4.78, 5) is 17.3. The molecule has 0 radical (unpaired) electrons. The lowest BCUT2D eigenvalue weighted by atomic mass is 10.1. The van der Waals surface area contributed by atoms with E-state index in [4.69, 9.17) is 9.97 Å². The number of para-hydroxylation sites is 1. The van der Waals surface area contributed by atoms with Crippen LogP contribution in [0.15, 0.2) is 60.7 Å². The highest BCUT2D eigenvalue weighted by Crippen LogP contribution is 2.29. The predicted molar refractivity (Wildman–Crippen MR) is 130 cm³/mol. The third-order valence-corrected chi connectivity index (χ3v) is 6.36. The van der Waals surface area contributed by atoms with Gasteiger partial charge in [-0.3, -0.25) is 4.90 Å². The molecule has 0 aliphatic carbocycles. The molecule has 0 atom stereocenters. The molecule has 5 rings (SSSR count). The molecule has 2 saturated heterocycles. The molecule has 0 bridgehead atoms. The van der Waals surface area contributed by atoms with Gasteiger partial charge in [-0.15, -0.1) is 0 Å². The van der Waals surface area contributed by atoms with Crippen LogP contribution in [0.4, 0.5) is 11.8 Å². The van der Waals surface area contributed by atoms with Gasteiger partial charge in [0.2, 0.25) is 5.95 Å². The van der Waals surface area contributed by atoms with Gasteiger partial charge < -0.3 is 9.80 Å². The van der Waals surface area contributed by atoms with Crippen molar-refractivity contribution in [2.75, 3.05) is 55.6 Å². The largest absolute Gasteiger partial charge is 0.356 e. The summed E-state index contributed by atoms with van der Waals surface area (Å²) in [7, 11) is 0. The number of anilines is 2. The first kappa shape index (κ1) is 20.0. The van der Waals surface area contributed by atoms with Crippen LogP contribution in [0.2, 0.25) is 0 Å². The number of rotatable bonds is 5. The van der Waals surface area contributed by atoms with E-state index < -0.39 is 0 Å². The molecule has 5 nitrogen and oxygen atoms in total. The second-order valence-corrected chi connectivity index (χ2v) is 8.51. The van der Waals surface area contributed by atoms with E-state index in [9.17, 15) is 0 Å². The van der Waals surface area contributed by atoms with Crippen LogP contribution < -0.4 is 9.80 Å². The molecule has 0 unspecified atom stereocenters. The van der Waals surface area contributed by atoms with Gasteiger partial charge in [0.25, 0.3) is 0 Å². The highest BCUT2D eigenvalue weighted by atomic mass is 15.3. The molecular weight excluding hydrogens is 382 g/mol. The van der Waals surface area contributed by atoms with Crippen LogP contribution in [0, 0.1) is 0 Å². The van der Waals surface area contributed by atoms with Crippen LogP contribution in [0.1, 0.15) is 24.8 Å². The van der Waals surface area contributed by atoms with E-state index in [0.717, 1.165) is 63.1 Å². The Hall–Kier alpha value is -2.92. The van der Waals surface area contributed by atoms with Gasteiger partial charge in [0.1, 0.15) is 5.82 Å². The van der Waals surface area contributed by atoms with E-state index in [1.165, 1.54) is 30.2 Å². The number of hydrogen-bond acceptors (Lipinski definition) is 5. The van der Waals surface area contributed by atoms with Crippen molar-refractivity contribution in [3.8, 4) is 0 Å². The normalized spacial score (nSPS) is 18.2. The molecule has 2 aromatic carbocycles. The topological polar surface area (TPSA) is 35.5 Å². The zero-order valence-electron chi connectivity index (χ0n) is 18.2. The number of piperidine rings is 1. The fraction of sp³-hybridized carbons (Fsp3) is 0.385. The molecule has 5 heteroatoms. The number of hydrogen-bond donors (Lipinski definition) is 0. The number of benzene rings is 2. The van der Waals surface area contributed by atoms with Crippen molar-refractivity contribution in [2.45, 2.75) is 19.3 Å². The Balaban J connectivity index is 1.27. The van der Waals surface area contributed by atoms with Crippen molar-refractivity contribution in [1.82, 2.24) is 14.9 Å². The van der Waals surface area contributed by atoms with Crippen molar-refractivity contribution in [2.24, 2.45) is 0 Å². The molecule has 160 valence electrons. The van der Waals surface area contributed by atoms with Crippen molar-refractivity contribution < 1.29 is 0 Å². The van der Waals surface area contributed by atoms with Crippen LogP contribution in [0.25, 0.3) is 17.0 Å². The van der Waals surface area contributed by atoms with Crippen molar-refractivity contribution in [3.63, 3.8) is 0 Å². The van der Waals surface area contributed by atoms with Gasteiger partial charge in [0.15, 0.2) is 0 Å². The Bertz CT molecular complexity index is 1020. The van der Waals surface area contributed by atoms with E-state index in [-0.39, 0.29) is 0 Å². The second-order valence-electron chi connectivity index (χ2n) is 8.51. The molecule has 0 saturated carbocycles. The minimum atomic E-state index is 0.888. The lowest BCUT2D eigenvalue weighted by Crippen LogP contribution is -2.47. The molecule has 3 aromatic rings. The number of fused-ring (bicyclic) bond motifs is 1. The molecule has 31 heavy (non-hydrogen) atoms. The summed E-state index contributed by atoms with van der Waals surface area (Å²) in [5.74, 6) is 2.01. The van der Waals surface area contributed by atoms with Crippen molar-refractivity contribution >= 4 is 28.7 Å². The van der Waals surface area contributed by atoms with Crippen LogP contribution in [0.5, 0.6) is 0 Å². The fourth-order valence-corrected chi connectivity index (χ4v) is 4.57. The third kappa shape index (κ3) is 4.72. The maximum Gasteiger partial charge on any atom is 0.227 e. The smallest absolute Gasteiger partial charge is 0.227 e. The van der Waals surface area contributed by atoms with Gasteiger partial charge in [-0.2, -0.15) is 4.98 Å². The average molecular weight is 414 g/mol. The first-order chi connectivity index (χ1) is 15.4. The summed E-state index contributed by atoms with van der Waals surface area (Å²) in [6.45, 7) is 7.20. The maximum atomic E-state index is 5.08. The minimum Gasteiger partial charge on any atom is -0.356 e.